The van der Waals surface area contributed by atoms with E-state index in [2.05, 4.69) is 31.9 Å². The van der Waals surface area contributed by atoms with Crippen molar-refractivity contribution in [1.82, 2.24) is 5.32 Å². The molecule has 0 atom stereocenters. The number of amides is 1. The number of carbonyl (C=O) groups excluding carboxylic acids is 1. The average molecular weight is 391 g/mol. The van der Waals surface area contributed by atoms with E-state index < -0.39 is 25.2 Å². The summed E-state index contributed by atoms with van der Waals surface area (Å²) in [7, 11) is 0. The molecule has 1 amide bonds. The third kappa shape index (κ3) is 5.26. The summed E-state index contributed by atoms with van der Waals surface area (Å²) in [6.45, 7) is -1.86. The monoisotopic (exact) mass is 389 g/mol. The molecule has 0 radical (unpaired) electrons. The first-order valence-electron chi connectivity index (χ1n) is 4.70. The minimum absolute atomic E-state index is 0.361. The van der Waals surface area contributed by atoms with Crippen molar-refractivity contribution in [2.24, 2.45) is 0 Å². The molecule has 1 aromatic rings. The molecule has 0 heterocycles. The number of carbonyl (C=O) groups is 1. The molecule has 100 valence electrons. The van der Waals surface area contributed by atoms with Crippen LogP contribution in [0.1, 0.15) is 0 Å². The Morgan fingerprint density at radius 1 is 1.28 bits per heavy atom. The van der Waals surface area contributed by atoms with E-state index in [1.807, 2.05) is 0 Å². The Morgan fingerprint density at radius 2 is 1.83 bits per heavy atom. The van der Waals surface area contributed by atoms with Crippen LogP contribution in [-0.4, -0.2) is 25.2 Å². The Labute approximate surface area is 118 Å². The lowest BCUT2D eigenvalue weighted by Gasteiger charge is -2.11. The van der Waals surface area contributed by atoms with Crippen LogP contribution in [0, 0.1) is 0 Å². The molecule has 1 rings (SSSR count). The van der Waals surface area contributed by atoms with Crippen LogP contribution in [0.5, 0.6) is 5.75 Å². The molecule has 0 unspecified atom stereocenters. The second kappa shape index (κ2) is 6.42. The standard InChI is InChI=1S/C10H8Br2F3NO2/c11-6-2-1-3-7(12)9(6)18-4-8(17)16-5-10(13,14)15/h1-3H,4-5H2,(H,16,17). The second-order valence-corrected chi connectivity index (χ2v) is 4.94. The van der Waals surface area contributed by atoms with E-state index in [0.29, 0.717) is 14.7 Å². The molecular weight excluding hydrogens is 383 g/mol. The predicted molar refractivity (Wildman–Crippen MR) is 66.4 cm³/mol. The molecule has 0 aliphatic heterocycles. The normalized spacial score (nSPS) is 11.2. The number of hydrogen-bond acceptors (Lipinski definition) is 2. The van der Waals surface area contributed by atoms with Crippen molar-refractivity contribution >= 4 is 37.8 Å². The molecule has 0 aromatic heterocycles. The summed E-state index contributed by atoms with van der Waals surface area (Å²) < 4.78 is 41.8. The highest BCUT2D eigenvalue weighted by Crippen LogP contribution is 2.32. The first-order valence-corrected chi connectivity index (χ1v) is 6.28. The van der Waals surface area contributed by atoms with E-state index in [-0.39, 0.29) is 0 Å². The first-order chi connectivity index (χ1) is 8.29. The van der Waals surface area contributed by atoms with E-state index in [1.54, 1.807) is 23.5 Å². The van der Waals surface area contributed by atoms with Gasteiger partial charge >= 0.3 is 6.18 Å². The van der Waals surface area contributed by atoms with Crippen LogP contribution in [0.4, 0.5) is 13.2 Å². The molecular formula is C10H8Br2F3NO2. The number of nitrogens with one attached hydrogen (secondary N) is 1. The van der Waals surface area contributed by atoms with Crippen LogP contribution >= 0.6 is 31.9 Å². The van der Waals surface area contributed by atoms with Crippen LogP contribution in [0.25, 0.3) is 0 Å². The van der Waals surface area contributed by atoms with Crippen LogP contribution in [-0.2, 0) is 4.79 Å². The smallest absolute Gasteiger partial charge is 0.405 e. The minimum atomic E-state index is -4.43. The van der Waals surface area contributed by atoms with Crippen molar-refractivity contribution in [3.05, 3.63) is 27.1 Å². The van der Waals surface area contributed by atoms with Gasteiger partial charge in [-0.1, -0.05) is 6.07 Å². The van der Waals surface area contributed by atoms with Crippen molar-refractivity contribution in [2.45, 2.75) is 6.18 Å². The van der Waals surface area contributed by atoms with Gasteiger partial charge in [0.05, 0.1) is 8.95 Å². The highest BCUT2D eigenvalue weighted by molar-refractivity contribution is 9.11. The van der Waals surface area contributed by atoms with E-state index in [9.17, 15) is 18.0 Å². The SMILES string of the molecule is O=C(COc1c(Br)cccc1Br)NCC(F)(F)F. The second-order valence-electron chi connectivity index (χ2n) is 3.23. The maximum absolute atomic E-state index is 11.8. The zero-order valence-electron chi connectivity index (χ0n) is 8.85. The third-order valence-corrected chi connectivity index (χ3v) is 3.00. The van der Waals surface area contributed by atoms with Crippen molar-refractivity contribution in [2.75, 3.05) is 13.2 Å². The van der Waals surface area contributed by atoms with Gasteiger partial charge in [0.2, 0.25) is 0 Å². The highest BCUT2D eigenvalue weighted by atomic mass is 79.9. The summed E-state index contributed by atoms with van der Waals surface area (Å²) >= 11 is 6.40. The van der Waals surface area contributed by atoms with Gasteiger partial charge in [-0.3, -0.25) is 4.79 Å². The topological polar surface area (TPSA) is 38.3 Å². The number of para-hydroxylation sites is 1. The van der Waals surface area contributed by atoms with E-state index >= 15 is 0 Å². The van der Waals surface area contributed by atoms with Crippen LogP contribution in [0.2, 0.25) is 0 Å². The fourth-order valence-electron chi connectivity index (χ4n) is 1.01. The Morgan fingerprint density at radius 3 is 2.33 bits per heavy atom. The van der Waals surface area contributed by atoms with Gasteiger partial charge in [-0.25, -0.2) is 0 Å². The molecule has 0 saturated carbocycles. The van der Waals surface area contributed by atoms with Crippen LogP contribution < -0.4 is 10.1 Å². The van der Waals surface area contributed by atoms with Gasteiger partial charge in [-0.05, 0) is 44.0 Å². The molecule has 1 N–H and O–H groups in total. The van der Waals surface area contributed by atoms with Crippen LogP contribution in [0.3, 0.4) is 0 Å². The van der Waals surface area contributed by atoms with Crippen molar-refractivity contribution in [3.63, 3.8) is 0 Å². The molecule has 18 heavy (non-hydrogen) atoms. The summed E-state index contributed by atoms with van der Waals surface area (Å²) in [6, 6.07) is 5.12. The summed E-state index contributed by atoms with van der Waals surface area (Å²) in [4.78, 5) is 11.1. The summed E-state index contributed by atoms with van der Waals surface area (Å²) in [5, 5.41) is 1.71. The maximum Gasteiger partial charge on any atom is 0.405 e. The summed E-state index contributed by atoms with van der Waals surface area (Å²) in [5.74, 6) is -0.477. The van der Waals surface area contributed by atoms with Gasteiger partial charge in [-0.2, -0.15) is 13.2 Å². The molecule has 0 aliphatic rings. The van der Waals surface area contributed by atoms with Gasteiger partial charge in [0.1, 0.15) is 12.3 Å². The van der Waals surface area contributed by atoms with Gasteiger partial charge in [0, 0.05) is 0 Å². The highest BCUT2D eigenvalue weighted by Gasteiger charge is 2.27. The number of ether oxygens (including phenoxy) is 1. The molecule has 1 aromatic carbocycles. The van der Waals surface area contributed by atoms with Gasteiger partial charge < -0.3 is 10.1 Å². The lowest BCUT2D eigenvalue weighted by Crippen LogP contribution is -2.36. The summed E-state index contributed by atoms with van der Waals surface area (Å²) in [5.41, 5.74) is 0. The predicted octanol–water partition coefficient (Wildman–Crippen LogP) is 3.27. The minimum Gasteiger partial charge on any atom is -0.481 e. The number of benzene rings is 1. The fraction of sp³-hybridized carbons (Fsp3) is 0.300. The lowest BCUT2D eigenvalue weighted by atomic mass is 10.3. The van der Waals surface area contributed by atoms with Crippen molar-refractivity contribution in [3.8, 4) is 5.75 Å². The zero-order chi connectivity index (χ0) is 13.8. The van der Waals surface area contributed by atoms with Gasteiger partial charge in [-0.15, -0.1) is 0 Å². The lowest BCUT2D eigenvalue weighted by molar-refractivity contribution is -0.139. The molecule has 0 aliphatic carbocycles. The molecule has 0 saturated heterocycles. The molecule has 8 heteroatoms. The Kier molecular flexibility index (Phi) is 5.46. The number of hydrogen-bond donors (Lipinski definition) is 1. The van der Waals surface area contributed by atoms with E-state index in [0.717, 1.165) is 0 Å². The Hall–Kier alpha value is -0.760. The Bertz CT molecular complexity index is 417. The molecule has 0 fully saturated rings. The fourth-order valence-corrected chi connectivity index (χ4v) is 2.24. The van der Waals surface area contributed by atoms with Gasteiger partial charge in [0.15, 0.2) is 6.61 Å². The van der Waals surface area contributed by atoms with Crippen LogP contribution in [0.15, 0.2) is 27.1 Å². The average Bonchev–Trinajstić information content (AvgIpc) is 2.25. The molecule has 0 spiro atoms. The number of rotatable bonds is 4. The Balaban J connectivity index is 2.48. The third-order valence-electron chi connectivity index (χ3n) is 1.75. The number of halogens is 5. The quantitative estimate of drug-likeness (QED) is 0.856. The first kappa shape index (κ1) is 15.3. The van der Waals surface area contributed by atoms with E-state index in [1.165, 1.54) is 0 Å². The van der Waals surface area contributed by atoms with E-state index in [4.69, 9.17) is 4.74 Å². The summed E-state index contributed by atoms with van der Waals surface area (Å²) in [6.07, 6.45) is -4.43. The molecule has 3 nitrogen and oxygen atoms in total. The maximum atomic E-state index is 11.8. The largest absolute Gasteiger partial charge is 0.481 e. The molecule has 0 bridgehead atoms. The number of alkyl halides is 3. The van der Waals surface area contributed by atoms with Gasteiger partial charge in [0.25, 0.3) is 5.91 Å². The van der Waals surface area contributed by atoms with Crippen molar-refractivity contribution < 1.29 is 22.7 Å². The van der Waals surface area contributed by atoms with Crippen molar-refractivity contribution in [1.29, 1.82) is 0 Å². The zero-order valence-corrected chi connectivity index (χ0v) is 12.0.